The van der Waals surface area contributed by atoms with Gasteiger partial charge in [-0.1, -0.05) is 48.2 Å². The minimum absolute atomic E-state index is 0.159. The van der Waals surface area contributed by atoms with Crippen molar-refractivity contribution in [3.8, 4) is 17.2 Å². The van der Waals surface area contributed by atoms with Crippen molar-refractivity contribution in [2.24, 2.45) is 0 Å². The van der Waals surface area contributed by atoms with Gasteiger partial charge in [-0.3, -0.25) is 4.79 Å². The summed E-state index contributed by atoms with van der Waals surface area (Å²) in [5.74, 6) is 1.91. The molecule has 0 spiro atoms. The second kappa shape index (κ2) is 8.81. The molecule has 1 amide bonds. The number of methoxy groups -OCH3 is 1. The third kappa shape index (κ3) is 4.34. The second-order valence-corrected chi connectivity index (χ2v) is 8.64. The van der Waals surface area contributed by atoms with Crippen LogP contribution >= 0.6 is 11.8 Å². The van der Waals surface area contributed by atoms with Gasteiger partial charge in [0.1, 0.15) is 11.5 Å². The summed E-state index contributed by atoms with van der Waals surface area (Å²) in [6.07, 6.45) is 0.753. The van der Waals surface area contributed by atoms with Gasteiger partial charge in [0.05, 0.1) is 18.4 Å². The predicted molar refractivity (Wildman–Crippen MR) is 127 cm³/mol. The van der Waals surface area contributed by atoms with Gasteiger partial charge in [0.2, 0.25) is 0 Å². The van der Waals surface area contributed by atoms with Gasteiger partial charge in [-0.25, -0.2) is 0 Å². The Bertz CT molecular complexity index is 1300. The molecule has 4 aromatic carbocycles. The van der Waals surface area contributed by atoms with E-state index in [4.69, 9.17) is 9.47 Å². The van der Waals surface area contributed by atoms with Crippen LogP contribution in [0.15, 0.2) is 101 Å². The largest absolute Gasteiger partial charge is 0.497 e. The van der Waals surface area contributed by atoms with E-state index in [0.717, 1.165) is 27.5 Å². The van der Waals surface area contributed by atoms with E-state index < -0.39 is 0 Å². The van der Waals surface area contributed by atoms with Gasteiger partial charge in [-0.15, -0.1) is 0 Å². The number of benzene rings is 4. The molecule has 0 fully saturated rings. The molecule has 5 heteroatoms. The van der Waals surface area contributed by atoms with Crippen molar-refractivity contribution in [2.75, 3.05) is 12.4 Å². The van der Waals surface area contributed by atoms with E-state index in [1.165, 1.54) is 5.56 Å². The van der Waals surface area contributed by atoms with Crippen molar-refractivity contribution < 1.29 is 14.3 Å². The molecule has 4 aromatic rings. The number of hydrogen-bond donors (Lipinski definition) is 1. The number of rotatable bonds is 5. The molecule has 0 bridgehead atoms. The number of anilines is 1. The smallest absolute Gasteiger partial charge is 0.259 e. The summed E-state index contributed by atoms with van der Waals surface area (Å²) in [4.78, 5) is 14.9. The van der Waals surface area contributed by atoms with E-state index in [0.29, 0.717) is 22.7 Å². The molecule has 4 nitrogen and oxygen atoms in total. The quantitative estimate of drug-likeness (QED) is 0.372. The summed E-state index contributed by atoms with van der Waals surface area (Å²) in [5, 5.41) is 2.98. The van der Waals surface area contributed by atoms with E-state index in [9.17, 15) is 4.79 Å². The number of para-hydroxylation sites is 1. The molecule has 5 rings (SSSR count). The first-order valence-electron chi connectivity index (χ1n) is 10.3. The minimum atomic E-state index is -0.159. The minimum Gasteiger partial charge on any atom is -0.497 e. The Hall–Kier alpha value is -3.70. The SMILES string of the molecule is COc1cccc(Sc2cccc(Cc3ccc4c(c3)NC(=O)c3ccccc3O4)c2)c1. The Labute approximate surface area is 191 Å². The molecule has 1 aliphatic heterocycles. The first-order valence-corrected chi connectivity index (χ1v) is 11.1. The van der Waals surface area contributed by atoms with E-state index in [1.54, 1.807) is 24.9 Å². The van der Waals surface area contributed by atoms with Crippen LogP contribution in [-0.2, 0) is 6.42 Å². The normalized spacial score (nSPS) is 12.1. The van der Waals surface area contributed by atoms with E-state index in [2.05, 4.69) is 35.6 Å². The summed E-state index contributed by atoms with van der Waals surface area (Å²) in [5.41, 5.74) is 3.52. The van der Waals surface area contributed by atoms with Gasteiger partial charge in [0.25, 0.3) is 5.91 Å². The molecule has 1 aliphatic rings. The zero-order valence-electron chi connectivity index (χ0n) is 17.5. The Morgan fingerprint density at radius 2 is 1.59 bits per heavy atom. The van der Waals surface area contributed by atoms with Crippen molar-refractivity contribution >= 4 is 23.4 Å². The van der Waals surface area contributed by atoms with Crippen LogP contribution in [0.2, 0.25) is 0 Å². The van der Waals surface area contributed by atoms with Crippen molar-refractivity contribution in [1.82, 2.24) is 0 Å². The number of nitrogens with one attached hydrogen (secondary N) is 1. The van der Waals surface area contributed by atoms with E-state index in [1.807, 2.05) is 54.6 Å². The van der Waals surface area contributed by atoms with Crippen LogP contribution in [0, 0.1) is 0 Å². The van der Waals surface area contributed by atoms with Gasteiger partial charge in [0.15, 0.2) is 5.75 Å². The Morgan fingerprint density at radius 1 is 0.812 bits per heavy atom. The molecule has 0 atom stereocenters. The molecule has 32 heavy (non-hydrogen) atoms. The standard InChI is InChI=1S/C27H21NO3S/c1-30-20-7-5-9-22(17-20)32-21-8-4-6-18(15-21)14-19-12-13-26-24(16-19)28-27(29)23-10-2-3-11-25(23)31-26/h2-13,15-17H,14H2,1H3,(H,28,29). The summed E-state index contributed by atoms with van der Waals surface area (Å²) in [6.45, 7) is 0. The highest BCUT2D eigenvalue weighted by molar-refractivity contribution is 7.99. The molecule has 1 heterocycles. The van der Waals surface area contributed by atoms with Crippen molar-refractivity contribution in [3.05, 3.63) is 108 Å². The predicted octanol–water partition coefficient (Wildman–Crippen LogP) is 6.80. The van der Waals surface area contributed by atoms with E-state index >= 15 is 0 Å². The number of fused-ring (bicyclic) bond motifs is 2. The second-order valence-electron chi connectivity index (χ2n) is 7.49. The molecule has 0 aromatic heterocycles. The van der Waals surface area contributed by atoms with Crippen LogP contribution in [-0.4, -0.2) is 13.0 Å². The van der Waals surface area contributed by atoms with Crippen LogP contribution in [0.25, 0.3) is 0 Å². The van der Waals surface area contributed by atoms with Crippen molar-refractivity contribution in [2.45, 2.75) is 16.2 Å². The molecule has 0 unspecified atom stereocenters. The third-order valence-electron chi connectivity index (χ3n) is 5.23. The summed E-state index contributed by atoms with van der Waals surface area (Å²) in [6, 6.07) is 29.8. The number of carbonyl (C=O) groups is 1. The topological polar surface area (TPSA) is 47.6 Å². The highest BCUT2D eigenvalue weighted by Crippen LogP contribution is 2.37. The van der Waals surface area contributed by atoms with Crippen molar-refractivity contribution in [1.29, 1.82) is 0 Å². The fourth-order valence-corrected chi connectivity index (χ4v) is 4.63. The number of ether oxygens (including phenoxy) is 2. The van der Waals surface area contributed by atoms with Gasteiger partial charge >= 0.3 is 0 Å². The third-order valence-corrected chi connectivity index (χ3v) is 6.21. The summed E-state index contributed by atoms with van der Waals surface area (Å²) in [7, 11) is 1.68. The molecule has 0 radical (unpaired) electrons. The number of carbonyl (C=O) groups excluding carboxylic acids is 1. The lowest BCUT2D eigenvalue weighted by molar-refractivity contribution is 0.102. The maximum atomic E-state index is 12.6. The first-order chi connectivity index (χ1) is 15.7. The molecular formula is C27H21NO3S. The Morgan fingerprint density at radius 3 is 2.47 bits per heavy atom. The monoisotopic (exact) mass is 439 g/mol. The fourth-order valence-electron chi connectivity index (χ4n) is 3.68. The van der Waals surface area contributed by atoms with Gasteiger partial charge in [-0.05, 0) is 72.1 Å². The lowest BCUT2D eigenvalue weighted by Crippen LogP contribution is -2.10. The average molecular weight is 440 g/mol. The molecule has 0 aliphatic carbocycles. The van der Waals surface area contributed by atoms with Crippen molar-refractivity contribution in [3.63, 3.8) is 0 Å². The Kier molecular flexibility index (Phi) is 5.57. The summed E-state index contributed by atoms with van der Waals surface area (Å²) >= 11 is 1.70. The number of amides is 1. The lowest BCUT2D eigenvalue weighted by Gasteiger charge is -2.11. The maximum absolute atomic E-state index is 12.6. The lowest BCUT2D eigenvalue weighted by atomic mass is 10.0. The molecular weight excluding hydrogens is 418 g/mol. The first kappa shape index (κ1) is 20.2. The fraction of sp³-hybridized carbons (Fsp3) is 0.0741. The maximum Gasteiger partial charge on any atom is 0.259 e. The zero-order chi connectivity index (χ0) is 21.9. The molecule has 1 N–H and O–H groups in total. The number of hydrogen-bond acceptors (Lipinski definition) is 4. The van der Waals surface area contributed by atoms with Crippen LogP contribution in [0.5, 0.6) is 17.2 Å². The van der Waals surface area contributed by atoms with Crippen LogP contribution < -0.4 is 14.8 Å². The van der Waals surface area contributed by atoms with Crippen LogP contribution in [0.4, 0.5) is 5.69 Å². The van der Waals surface area contributed by atoms with Gasteiger partial charge in [0, 0.05) is 9.79 Å². The highest BCUT2D eigenvalue weighted by Gasteiger charge is 2.20. The van der Waals surface area contributed by atoms with Crippen LogP contribution in [0.1, 0.15) is 21.5 Å². The van der Waals surface area contributed by atoms with Gasteiger partial charge in [-0.2, -0.15) is 0 Å². The van der Waals surface area contributed by atoms with E-state index in [-0.39, 0.29) is 5.91 Å². The zero-order valence-corrected chi connectivity index (χ0v) is 18.3. The molecule has 0 saturated carbocycles. The highest BCUT2D eigenvalue weighted by atomic mass is 32.2. The van der Waals surface area contributed by atoms with Crippen LogP contribution in [0.3, 0.4) is 0 Å². The van der Waals surface area contributed by atoms with Gasteiger partial charge < -0.3 is 14.8 Å². The average Bonchev–Trinajstić information content (AvgIpc) is 2.95. The Balaban J connectivity index is 1.36. The summed E-state index contributed by atoms with van der Waals surface area (Å²) < 4.78 is 11.3. The molecule has 158 valence electrons. The molecule has 0 saturated heterocycles.